The molecule has 0 amide bonds. The lowest BCUT2D eigenvalue weighted by molar-refractivity contribution is 0.680. The molecule has 3 aromatic rings. The van der Waals surface area contributed by atoms with Gasteiger partial charge in [0.2, 0.25) is 0 Å². The Morgan fingerprint density at radius 1 is 0.773 bits per heavy atom. The fourth-order valence-electron chi connectivity index (χ4n) is 3.41. The topological polar surface area (TPSA) is 0 Å². The molecule has 0 aliphatic heterocycles. The smallest absolute Gasteiger partial charge is 0.0104 e. The van der Waals surface area contributed by atoms with E-state index in [0.717, 1.165) is 6.42 Å². The van der Waals surface area contributed by atoms with Gasteiger partial charge in [-0.1, -0.05) is 72.8 Å². The Balaban J connectivity index is 1.75. The summed E-state index contributed by atoms with van der Waals surface area (Å²) in [4.78, 5) is 1.50. The highest BCUT2D eigenvalue weighted by Crippen LogP contribution is 2.48. The van der Waals surface area contributed by atoms with E-state index in [0.29, 0.717) is 11.8 Å². The molecule has 108 valence electrons. The molecule has 1 heteroatoms. The SMILES string of the molecule is C1=C(c2ccccc2)C[C@@H](c2cccs2)[C@H]1c1ccccc1. The molecular weight excluding hydrogens is 284 g/mol. The molecule has 0 radical (unpaired) electrons. The average Bonchev–Trinajstić information content (AvgIpc) is 3.26. The summed E-state index contributed by atoms with van der Waals surface area (Å²) < 4.78 is 0. The van der Waals surface area contributed by atoms with Crippen LogP contribution in [0.25, 0.3) is 5.57 Å². The summed E-state index contributed by atoms with van der Waals surface area (Å²) in [5.41, 5.74) is 4.27. The molecule has 2 atom stereocenters. The third-order valence-corrected chi connectivity index (χ3v) is 5.50. The number of benzene rings is 2. The van der Waals surface area contributed by atoms with E-state index in [9.17, 15) is 0 Å². The van der Waals surface area contributed by atoms with Crippen molar-refractivity contribution < 1.29 is 0 Å². The number of hydrogen-bond donors (Lipinski definition) is 0. The van der Waals surface area contributed by atoms with Gasteiger partial charge in [0.05, 0.1) is 0 Å². The first-order chi connectivity index (χ1) is 10.9. The average molecular weight is 302 g/mol. The van der Waals surface area contributed by atoms with E-state index < -0.39 is 0 Å². The molecule has 1 aliphatic carbocycles. The molecule has 0 unspecified atom stereocenters. The van der Waals surface area contributed by atoms with Gasteiger partial charge in [0.25, 0.3) is 0 Å². The van der Waals surface area contributed by atoms with Crippen molar-refractivity contribution in [2.45, 2.75) is 18.3 Å². The maximum atomic E-state index is 2.48. The molecule has 0 N–H and O–H groups in total. The van der Waals surface area contributed by atoms with Gasteiger partial charge in [-0.25, -0.2) is 0 Å². The molecule has 0 bridgehead atoms. The quantitative estimate of drug-likeness (QED) is 0.548. The van der Waals surface area contributed by atoms with Gasteiger partial charge in [0.1, 0.15) is 0 Å². The van der Waals surface area contributed by atoms with E-state index in [1.807, 2.05) is 11.3 Å². The molecule has 0 fully saturated rings. The van der Waals surface area contributed by atoms with Gasteiger partial charge >= 0.3 is 0 Å². The van der Waals surface area contributed by atoms with Crippen molar-refractivity contribution in [3.8, 4) is 0 Å². The largest absolute Gasteiger partial charge is 0.149 e. The molecular formula is C21H18S. The zero-order valence-electron chi connectivity index (χ0n) is 12.4. The third kappa shape index (κ3) is 2.53. The van der Waals surface area contributed by atoms with E-state index >= 15 is 0 Å². The van der Waals surface area contributed by atoms with E-state index in [-0.39, 0.29) is 0 Å². The monoisotopic (exact) mass is 302 g/mol. The summed E-state index contributed by atoms with van der Waals surface area (Å²) in [5.74, 6) is 1.05. The van der Waals surface area contributed by atoms with Gasteiger partial charge in [0, 0.05) is 16.7 Å². The minimum absolute atomic E-state index is 0.482. The lowest BCUT2D eigenvalue weighted by Crippen LogP contribution is -2.03. The molecule has 2 aromatic carbocycles. The molecule has 1 aromatic heterocycles. The van der Waals surface area contributed by atoms with Crippen LogP contribution in [0.3, 0.4) is 0 Å². The van der Waals surface area contributed by atoms with Crippen molar-refractivity contribution in [2.24, 2.45) is 0 Å². The molecule has 4 rings (SSSR count). The fourth-order valence-corrected chi connectivity index (χ4v) is 4.29. The lowest BCUT2D eigenvalue weighted by Gasteiger charge is -2.18. The molecule has 0 saturated heterocycles. The summed E-state index contributed by atoms with van der Waals surface area (Å²) in [6.07, 6.45) is 3.61. The van der Waals surface area contributed by atoms with Gasteiger partial charge in [-0.3, -0.25) is 0 Å². The Morgan fingerprint density at radius 3 is 2.18 bits per heavy atom. The summed E-state index contributed by atoms with van der Waals surface area (Å²) >= 11 is 1.88. The zero-order chi connectivity index (χ0) is 14.8. The highest BCUT2D eigenvalue weighted by atomic mass is 32.1. The van der Waals surface area contributed by atoms with Gasteiger partial charge in [0.15, 0.2) is 0 Å². The van der Waals surface area contributed by atoms with Crippen LogP contribution in [0.4, 0.5) is 0 Å². The predicted molar refractivity (Wildman–Crippen MR) is 95.3 cm³/mol. The van der Waals surface area contributed by atoms with Gasteiger partial charge in [-0.15, -0.1) is 11.3 Å². The van der Waals surface area contributed by atoms with Crippen LogP contribution >= 0.6 is 11.3 Å². The summed E-state index contributed by atoms with van der Waals surface area (Å²) in [7, 11) is 0. The Hall–Kier alpha value is -2.12. The van der Waals surface area contributed by atoms with Crippen molar-refractivity contribution in [1.29, 1.82) is 0 Å². The Kier molecular flexibility index (Phi) is 3.65. The second kappa shape index (κ2) is 5.94. The van der Waals surface area contributed by atoms with Crippen LogP contribution < -0.4 is 0 Å². The Labute approximate surface area is 135 Å². The summed E-state index contributed by atoms with van der Waals surface area (Å²) in [6.45, 7) is 0. The first-order valence-corrected chi connectivity index (χ1v) is 8.64. The summed E-state index contributed by atoms with van der Waals surface area (Å²) in [6, 6.07) is 26.2. The molecule has 22 heavy (non-hydrogen) atoms. The normalized spacial score (nSPS) is 20.8. The van der Waals surface area contributed by atoms with E-state index in [1.54, 1.807) is 0 Å². The highest BCUT2D eigenvalue weighted by Gasteiger charge is 2.31. The van der Waals surface area contributed by atoms with Crippen molar-refractivity contribution in [3.05, 3.63) is 100 Å². The van der Waals surface area contributed by atoms with Crippen LogP contribution in [-0.4, -0.2) is 0 Å². The van der Waals surface area contributed by atoms with Crippen LogP contribution in [0.2, 0.25) is 0 Å². The van der Waals surface area contributed by atoms with E-state index in [1.165, 1.54) is 21.6 Å². The second-order valence-corrected chi connectivity index (χ2v) is 6.80. The van der Waals surface area contributed by atoms with Crippen molar-refractivity contribution in [2.75, 3.05) is 0 Å². The fraction of sp³-hybridized carbons (Fsp3) is 0.143. The third-order valence-electron chi connectivity index (χ3n) is 4.49. The first-order valence-electron chi connectivity index (χ1n) is 7.76. The maximum absolute atomic E-state index is 2.48. The molecule has 0 spiro atoms. The predicted octanol–water partition coefficient (Wildman–Crippen LogP) is 6.10. The zero-order valence-corrected chi connectivity index (χ0v) is 13.2. The first kappa shape index (κ1) is 13.5. The Bertz CT molecular complexity index is 754. The highest BCUT2D eigenvalue weighted by molar-refractivity contribution is 7.10. The van der Waals surface area contributed by atoms with Crippen LogP contribution in [0, 0.1) is 0 Å². The summed E-state index contributed by atoms with van der Waals surface area (Å²) in [5, 5.41) is 2.19. The van der Waals surface area contributed by atoms with Gasteiger partial charge in [-0.05, 0) is 34.6 Å². The van der Waals surface area contributed by atoms with Crippen molar-refractivity contribution in [3.63, 3.8) is 0 Å². The molecule has 0 saturated carbocycles. The van der Waals surface area contributed by atoms with Crippen molar-refractivity contribution >= 4 is 16.9 Å². The number of allylic oxidation sites excluding steroid dienone is 2. The number of thiophene rings is 1. The Morgan fingerprint density at radius 2 is 1.50 bits per heavy atom. The minimum Gasteiger partial charge on any atom is -0.149 e. The number of hydrogen-bond acceptors (Lipinski definition) is 1. The lowest BCUT2D eigenvalue weighted by atomic mass is 9.87. The maximum Gasteiger partial charge on any atom is 0.0104 e. The molecule has 0 nitrogen and oxygen atoms in total. The molecule has 1 aliphatic rings. The van der Waals surface area contributed by atoms with Crippen LogP contribution in [0.5, 0.6) is 0 Å². The standard InChI is InChI=1S/C21H18S/c1-3-8-16(9-4-1)18-14-19(17-10-5-2-6-11-17)20(15-18)21-12-7-13-22-21/h1-14,19-20H,15H2/t19-,20-/m1/s1. The van der Waals surface area contributed by atoms with E-state index in [2.05, 4.69) is 84.3 Å². The molecule has 1 heterocycles. The van der Waals surface area contributed by atoms with E-state index in [4.69, 9.17) is 0 Å². The van der Waals surface area contributed by atoms with Crippen LogP contribution in [0.15, 0.2) is 84.3 Å². The van der Waals surface area contributed by atoms with Gasteiger partial charge in [-0.2, -0.15) is 0 Å². The minimum atomic E-state index is 0.482. The van der Waals surface area contributed by atoms with Crippen LogP contribution in [-0.2, 0) is 0 Å². The van der Waals surface area contributed by atoms with Crippen molar-refractivity contribution in [1.82, 2.24) is 0 Å². The van der Waals surface area contributed by atoms with Gasteiger partial charge < -0.3 is 0 Å². The second-order valence-electron chi connectivity index (χ2n) is 5.82. The number of rotatable bonds is 3. The van der Waals surface area contributed by atoms with Crippen LogP contribution in [0.1, 0.15) is 34.3 Å².